The lowest BCUT2D eigenvalue weighted by Gasteiger charge is -2.09. The molecule has 126 valence electrons. The van der Waals surface area contributed by atoms with Gasteiger partial charge in [-0.25, -0.2) is 4.79 Å². The Balaban J connectivity index is 2.33. The fourth-order valence-corrected chi connectivity index (χ4v) is 1.67. The Hall–Kier alpha value is -2.57. The number of anilines is 1. The van der Waals surface area contributed by atoms with E-state index in [1.54, 1.807) is 24.3 Å². The van der Waals surface area contributed by atoms with E-state index in [1.165, 1.54) is 0 Å². The highest BCUT2D eigenvalue weighted by atomic mass is 16.5. The summed E-state index contributed by atoms with van der Waals surface area (Å²) < 4.78 is 4.98. The Labute approximate surface area is 135 Å². The van der Waals surface area contributed by atoms with E-state index in [-0.39, 0.29) is 18.4 Å². The summed E-state index contributed by atoms with van der Waals surface area (Å²) in [6, 6.07) is 6.30. The summed E-state index contributed by atoms with van der Waals surface area (Å²) in [4.78, 5) is 33.6. The van der Waals surface area contributed by atoms with Gasteiger partial charge in [0, 0.05) is 12.1 Å². The van der Waals surface area contributed by atoms with Crippen LogP contribution in [-0.4, -0.2) is 36.0 Å². The quantitative estimate of drug-likeness (QED) is 0.641. The van der Waals surface area contributed by atoms with Gasteiger partial charge in [-0.2, -0.15) is 0 Å². The Morgan fingerprint density at radius 2 is 1.78 bits per heavy atom. The van der Waals surface area contributed by atoms with Gasteiger partial charge in [0.1, 0.15) is 5.75 Å². The van der Waals surface area contributed by atoms with Crippen molar-refractivity contribution in [2.75, 3.05) is 18.5 Å². The van der Waals surface area contributed by atoms with Crippen molar-refractivity contribution < 1.29 is 24.2 Å². The monoisotopic (exact) mass is 322 g/mol. The van der Waals surface area contributed by atoms with Gasteiger partial charge >= 0.3 is 5.97 Å². The van der Waals surface area contributed by atoms with Crippen LogP contribution in [0.15, 0.2) is 24.3 Å². The first-order chi connectivity index (χ1) is 10.9. The largest absolute Gasteiger partial charge is 0.482 e. The lowest BCUT2D eigenvalue weighted by Crippen LogP contribution is -2.32. The van der Waals surface area contributed by atoms with Crippen molar-refractivity contribution >= 4 is 23.5 Å². The molecule has 7 nitrogen and oxygen atoms in total. The molecule has 0 spiro atoms. The van der Waals surface area contributed by atoms with Gasteiger partial charge in [-0.1, -0.05) is 13.8 Å². The number of hydrogen-bond acceptors (Lipinski definition) is 4. The van der Waals surface area contributed by atoms with Gasteiger partial charge in [0.05, 0.1) is 6.54 Å². The van der Waals surface area contributed by atoms with E-state index in [0.717, 1.165) is 6.42 Å². The number of carbonyl (C=O) groups is 3. The van der Waals surface area contributed by atoms with Gasteiger partial charge in [0.25, 0.3) is 0 Å². The summed E-state index contributed by atoms with van der Waals surface area (Å²) in [5.41, 5.74) is 0.536. The van der Waals surface area contributed by atoms with Crippen LogP contribution in [0.5, 0.6) is 5.75 Å². The average molecular weight is 322 g/mol. The zero-order chi connectivity index (χ0) is 17.2. The van der Waals surface area contributed by atoms with Gasteiger partial charge < -0.3 is 20.5 Å². The van der Waals surface area contributed by atoms with Crippen molar-refractivity contribution in [1.82, 2.24) is 5.32 Å². The first-order valence-corrected chi connectivity index (χ1v) is 7.38. The fourth-order valence-electron chi connectivity index (χ4n) is 1.67. The molecule has 23 heavy (non-hydrogen) atoms. The third kappa shape index (κ3) is 8.45. The summed E-state index contributed by atoms with van der Waals surface area (Å²) in [5.74, 6) is -0.701. The highest BCUT2D eigenvalue weighted by molar-refractivity contribution is 5.94. The predicted octanol–water partition coefficient (Wildman–Crippen LogP) is 1.64. The molecular weight excluding hydrogens is 300 g/mol. The molecular formula is C16H22N2O5. The number of benzene rings is 1. The lowest BCUT2D eigenvalue weighted by molar-refractivity contribution is -0.139. The number of amides is 2. The maximum absolute atomic E-state index is 11.7. The number of nitrogens with one attached hydrogen (secondary N) is 2. The summed E-state index contributed by atoms with van der Waals surface area (Å²) in [7, 11) is 0. The second-order valence-electron chi connectivity index (χ2n) is 5.46. The number of ether oxygens (including phenoxy) is 1. The molecule has 3 N–H and O–H groups in total. The Bertz CT molecular complexity index is 540. The SMILES string of the molecule is CC(C)CCC(=O)NCC(=O)Nc1ccc(OCC(=O)O)cc1. The van der Waals surface area contributed by atoms with Crippen LogP contribution in [0.25, 0.3) is 0 Å². The first-order valence-electron chi connectivity index (χ1n) is 7.38. The molecule has 0 bridgehead atoms. The Kier molecular flexibility index (Phi) is 7.59. The molecule has 0 aliphatic carbocycles. The van der Waals surface area contributed by atoms with E-state index < -0.39 is 12.6 Å². The molecule has 1 aromatic rings. The molecule has 0 aromatic heterocycles. The predicted molar refractivity (Wildman–Crippen MR) is 85.3 cm³/mol. The van der Waals surface area contributed by atoms with Crippen molar-refractivity contribution in [3.63, 3.8) is 0 Å². The van der Waals surface area contributed by atoms with Crippen molar-refractivity contribution in [1.29, 1.82) is 0 Å². The second kappa shape index (κ2) is 9.45. The minimum absolute atomic E-state index is 0.0891. The van der Waals surface area contributed by atoms with Gasteiger partial charge in [0.2, 0.25) is 11.8 Å². The third-order valence-electron chi connectivity index (χ3n) is 2.90. The smallest absolute Gasteiger partial charge is 0.341 e. The molecule has 7 heteroatoms. The molecule has 0 fully saturated rings. The molecule has 0 atom stereocenters. The van der Waals surface area contributed by atoms with Gasteiger partial charge in [-0.05, 0) is 36.6 Å². The molecule has 1 aromatic carbocycles. The van der Waals surface area contributed by atoms with Gasteiger partial charge in [0.15, 0.2) is 6.61 Å². The van der Waals surface area contributed by atoms with Crippen LogP contribution < -0.4 is 15.4 Å². The van der Waals surface area contributed by atoms with Crippen LogP contribution in [0, 0.1) is 5.92 Å². The van der Waals surface area contributed by atoms with E-state index in [0.29, 0.717) is 23.8 Å². The Morgan fingerprint density at radius 3 is 2.35 bits per heavy atom. The second-order valence-corrected chi connectivity index (χ2v) is 5.46. The average Bonchev–Trinajstić information content (AvgIpc) is 2.50. The number of aliphatic carboxylic acids is 1. The van der Waals surface area contributed by atoms with Crippen molar-refractivity contribution in [2.45, 2.75) is 26.7 Å². The molecule has 1 rings (SSSR count). The molecule has 0 heterocycles. The molecule has 0 saturated carbocycles. The molecule has 0 radical (unpaired) electrons. The highest BCUT2D eigenvalue weighted by Gasteiger charge is 2.07. The van der Waals surface area contributed by atoms with Crippen LogP contribution >= 0.6 is 0 Å². The van der Waals surface area contributed by atoms with Gasteiger partial charge in [-0.3, -0.25) is 9.59 Å². The molecule has 0 unspecified atom stereocenters. The number of carboxylic acids is 1. The third-order valence-corrected chi connectivity index (χ3v) is 2.90. The van der Waals surface area contributed by atoms with Crippen LogP contribution in [0.4, 0.5) is 5.69 Å². The van der Waals surface area contributed by atoms with Crippen LogP contribution in [0.2, 0.25) is 0 Å². The van der Waals surface area contributed by atoms with E-state index in [4.69, 9.17) is 9.84 Å². The van der Waals surface area contributed by atoms with E-state index in [9.17, 15) is 14.4 Å². The van der Waals surface area contributed by atoms with E-state index >= 15 is 0 Å². The topological polar surface area (TPSA) is 105 Å². The maximum atomic E-state index is 11.7. The zero-order valence-electron chi connectivity index (χ0n) is 13.3. The van der Waals surface area contributed by atoms with Crippen LogP contribution in [0.1, 0.15) is 26.7 Å². The Morgan fingerprint density at radius 1 is 1.13 bits per heavy atom. The summed E-state index contributed by atoms with van der Waals surface area (Å²) >= 11 is 0. The van der Waals surface area contributed by atoms with E-state index in [2.05, 4.69) is 10.6 Å². The summed E-state index contributed by atoms with van der Waals surface area (Å²) in [6.45, 7) is 3.55. The zero-order valence-corrected chi connectivity index (χ0v) is 13.3. The molecule has 2 amide bonds. The minimum Gasteiger partial charge on any atom is -0.482 e. The number of rotatable bonds is 9. The van der Waals surface area contributed by atoms with Crippen LogP contribution in [-0.2, 0) is 14.4 Å². The number of carbonyl (C=O) groups excluding carboxylic acids is 2. The molecule has 0 aliphatic rings. The maximum Gasteiger partial charge on any atom is 0.341 e. The lowest BCUT2D eigenvalue weighted by atomic mass is 10.1. The first kappa shape index (κ1) is 18.5. The molecule has 0 saturated heterocycles. The summed E-state index contributed by atoms with van der Waals surface area (Å²) in [5, 5.41) is 13.7. The van der Waals surface area contributed by atoms with Crippen molar-refractivity contribution in [3.8, 4) is 5.75 Å². The highest BCUT2D eigenvalue weighted by Crippen LogP contribution is 2.15. The molecule has 0 aliphatic heterocycles. The normalized spacial score (nSPS) is 10.2. The van der Waals surface area contributed by atoms with Crippen molar-refractivity contribution in [2.24, 2.45) is 5.92 Å². The van der Waals surface area contributed by atoms with Gasteiger partial charge in [-0.15, -0.1) is 0 Å². The standard InChI is InChI=1S/C16H22N2O5/c1-11(2)3-8-14(19)17-9-15(20)18-12-4-6-13(7-5-12)23-10-16(21)22/h4-7,11H,3,8-10H2,1-2H3,(H,17,19)(H,18,20)(H,21,22). The van der Waals surface area contributed by atoms with Crippen LogP contribution in [0.3, 0.4) is 0 Å². The number of hydrogen-bond donors (Lipinski definition) is 3. The fraction of sp³-hybridized carbons (Fsp3) is 0.438. The van der Waals surface area contributed by atoms with Crippen molar-refractivity contribution in [3.05, 3.63) is 24.3 Å². The number of carboxylic acid groups (broad SMARTS) is 1. The van der Waals surface area contributed by atoms with E-state index in [1.807, 2.05) is 13.8 Å². The summed E-state index contributed by atoms with van der Waals surface area (Å²) in [6.07, 6.45) is 1.19. The minimum atomic E-state index is -1.06.